The van der Waals surface area contributed by atoms with Crippen molar-refractivity contribution in [2.75, 3.05) is 7.11 Å². The summed E-state index contributed by atoms with van der Waals surface area (Å²) in [5.41, 5.74) is 6.49. The zero-order valence-electron chi connectivity index (χ0n) is 20.9. The number of hydrogen-bond acceptors (Lipinski definition) is 6. The highest BCUT2D eigenvalue weighted by Gasteiger charge is 2.34. The molecule has 1 atom stereocenters. The van der Waals surface area contributed by atoms with Gasteiger partial charge < -0.3 is 4.74 Å². The fourth-order valence-electron chi connectivity index (χ4n) is 4.75. The van der Waals surface area contributed by atoms with E-state index in [-0.39, 0.29) is 11.1 Å². The molecule has 37 heavy (non-hydrogen) atoms. The lowest BCUT2D eigenvalue weighted by molar-refractivity contribution is -0.119. The predicted octanol–water partition coefficient (Wildman–Crippen LogP) is 6.15. The number of nitrogens with one attached hydrogen (secondary N) is 1. The first-order valence-electron chi connectivity index (χ1n) is 12.2. The maximum atomic E-state index is 12.7. The summed E-state index contributed by atoms with van der Waals surface area (Å²) in [4.78, 5) is 41.8. The van der Waals surface area contributed by atoms with Crippen molar-refractivity contribution in [1.29, 1.82) is 0 Å². The van der Waals surface area contributed by atoms with E-state index >= 15 is 0 Å². The molecule has 1 aliphatic heterocycles. The van der Waals surface area contributed by atoms with E-state index in [1.807, 2.05) is 61.5 Å². The summed E-state index contributed by atoms with van der Waals surface area (Å²) in [6, 6.07) is 19.3. The molecule has 2 heterocycles. The Morgan fingerprint density at radius 3 is 2.51 bits per heavy atom. The van der Waals surface area contributed by atoms with Gasteiger partial charge in [0.25, 0.3) is 5.24 Å². The monoisotopic (exact) mass is 513 g/mol. The second-order valence-electron chi connectivity index (χ2n) is 8.99. The standard InChI is InChI=1S/C29H27N3O4S/c1-4-5-10-23-30-24-17(2)11-16-22(28(34)36-3)25(24)32(23)19-14-12-18(13-15-19)20-8-6-7-9-21(20)26-27(33)31-29(35)37-26/h6-9,11-16,26H,4-5,10H2,1-3H3,(H,31,33,35). The zero-order chi connectivity index (χ0) is 26.1. The molecule has 2 amide bonds. The Labute approximate surface area is 219 Å². The van der Waals surface area contributed by atoms with Crippen molar-refractivity contribution in [2.24, 2.45) is 0 Å². The van der Waals surface area contributed by atoms with Gasteiger partial charge in [-0.25, -0.2) is 9.78 Å². The molecule has 0 spiro atoms. The molecule has 0 radical (unpaired) electrons. The van der Waals surface area contributed by atoms with E-state index in [4.69, 9.17) is 9.72 Å². The number of aryl methyl sites for hydroxylation is 2. The maximum Gasteiger partial charge on any atom is 0.340 e. The van der Waals surface area contributed by atoms with Crippen LogP contribution in [0, 0.1) is 6.92 Å². The summed E-state index contributed by atoms with van der Waals surface area (Å²) in [5.74, 6) is 0.192. The number of ether oxygens (including phenoxy) is 1. The van der Waals surface area contributed by atoms with Gasteiger partial charge in [-0.15, -0.1) is 0 Å². The minimum Gasteiger partial charge on any atom is -0.465 e. The summed E-state index contributed by atoms with van der Waals surface area (Å²) in [6.45, 7) is 4.13. The van der Waals surface area contributed by atoms with Gasteiger partial charge in [0.1, 0.15) is 11.1 Å². The van der Waals surface area contributed by atoms with E-state index in [9.17, 15) is 14.4 Å². The lowest BCUT2D eigenvalue weighted by atomic mass is 9.97. The molecule has 7 nitrogen and oxygen atoms in total. The number of benzene rings is 3. The minimum absolute atomic E-state index is 0.296. The van der Waals surface area contributed by atoms with Gasteiger partial charge in [-0.1, -0.05) is 55.8 Å². The molecule has 1 fully saturated rings. The van der Waals surface area contributed by atoms with E-state index in [0.29, 0.717) is 5.56 Å². The Morgan fingerprint density at radius 2 is 1.84 bits per heavy atom. The van der Waals surface area contributed by atoms with Crippen molar-refractivity contribution in [3.8, 4) is 16.8 Å². The second kappa shape index (κ2) is 10.2. The fraction of sp³-hybridized carbons (Fsp3) is 0.241. The number of amides is 2. The lowest BCUT2D eigenvalue weighted by Crippen LogP contribution is -2.20. The van der Waals surface area contributed by atoms with E-state index in [2.05, 4.69) is 16.8 Å². The SMILES string of the molecule is CCCCc1nc2c(C)ccc(C(=O)OC)c2n1-c1ccc(-c2ccccc2C2SC(=O)NC2=O)cc1. The van der Waals surface area contributed by atoms with Gasteiger partial charge in [0.2, 0.25) is 5.91 Å². The maximum absolute atomic E-state index is 12.7. The molecule has 188 valence electrons. The molecule has 4 aromatic rings. The summed E-state index contributed by atoms with van der Waals surface area (Å²) in [6.07, 6.45) is 2.77. The van der Waals surface area contributed by atoms with Gasteiger partial charge in [0, 0.05) is 12.1 Å². The van der Waals surface area contributed by atoms with Gasteiger partial charge in [-0.3, -0.25) is 19.5 Å². The normalized spacial score (nSPS) is 15.3. The van der Waals surface area contributed by atoms with Gasteiger partial charge in [0.05, 0.1) is 23.7 Å². The lowest BCUT2D eigenvalue weighted by Gasteiger charge is -2.15. The van der Waals surface area contributed by atoms with Crippen LogP contribution in [0.25, 0.3) is 27.8 Å². The molecule has 5 rings (SSSR count). The second-order valence-corrected chi connectivity index (χ2v) is 10.1. The molecule has 3 aromatic carbocycles. The molecule has 1 N–H and O–H groups in total. The fourth-order valence-corrected chi connectivity index (χ4v) is 5.62. The molecule has 8 heteroatoms. The first-order chi connectivity index (χ1) is 17.9. The van der Waals surface area contributed by atoms with Crippen molar-refractivity contribution in [3.05, 3.63) is 83.2 Å². The third-order valence-corrected chi connectivity index (χ3v) is 7.62. The van der Waals surface area contributed by atoms with Crippen molar-refractivity contribution in [1.82, 2.24) is 14.9 Å². The van der Waals surface area contributed by atoms with Crippen LogP contribution in [0.1, 0.15) is 52.3 Å². The molecule has 0 saturated carbocycles. The van der Waals surface area contributed by atoms with Crippen LogP contribution in [-0.4, -0.2) is 33.8 Å². The number of methoxy groups -OCH3 is 1. The highest BCUT2D eigenvalue weighted by atomic mass is 32.2. The number of esters is 1. The van der Waals surface area contributed by atoms with Crippen LogP contribution in [0.4, 0.5) is 4.79 Å². The average Bonchev–Trinajstić information content (AvgIpc) is 3.47. The van der Waals surface area contributed by atoms with Crippen molar-refractivity contribution in [3.63, 3.8) is 0 Å². The van der Waals surface area contributed by atoms with Gasteiger partial charge in [-0.2, -0.15) is 0 Å². The van der Waals surface area contributed by atoms with Crippen LogP contribution in [0.15, 0.2) is 60.7 Å². The summed E-state index contributed by atoms with van der Waals surface area (Å²) in [7, 11) is 1.38. The smallest absolute Gasteiger partial charge is 0.340 e. The van der Waals surface area contributed by atoms with Crippen LogP contribution in [0.5, 0.6) is 0 Å². The number of rotatable bonds is 7. The zero-order valence-corrected chi connectivity index (χ0v) is 21.7. The third kappa shape index (κ3) is 4.53. The predicted molar refractivity (Wildman–Crippen MR) is 145 cm³/mol. The van der Waals surface area contributed by atoms with E-state index in [0.717, 1.165) is 75.8 Å². The topological polar surface area (TPSA) is 90.3 Å². The number of carbonyl (C=O) groups excluding carboxylic acids is 3. The first-order valence-corrected chi connectivity index (χ1v) is 13.1. The number of hydrogen-bond donors (Lipinski definition) is 1. The molecular formula is C29H27N3O4S. The van der Waals surface area contributed by atoms with Gasteiger partial charge in [0.15, 0.2) is 0 Å². The Bertz CT molecular complexity index is 1520. The Hall–Kier alpha value is -3.91. The minimum atomic E-state index is -0.577. The molecule has 0 aliphatic carbocycles. The van der Waals surface area contributed by atoms with Crippen molar-refractivity contribution < 1.29 is 19.1 Å². The summed E-state index contributed by atoms with van der Waals surface area (Å²) >= 11 is 1.000. The van der Waals surface area contributed by atoms with E-state index in [1.54, 1.807) is 6.07 Å². The highest BCUT2D eigenvalue weighted by Crippen LogP contribution is 2.40. The van der Waals surface area contributed by atoms with Crippen LogP contribution in [-0.2, 0) is 16.0 Å². The highest BCUT2D eigenvalue weighted by molar-refractivity contribution is 8.15. The number of fused-ring (bicyclic) bond motifs is 1. The number of aromatic nitrogens is 2. The quantitative estimate of drug-likeness (QED) is 0.298. The number of imidazole rings is 1. The Balaban J connectivity index is 1.63. The number of thioether (sulfide) groups is 1. The number of nitrogens with zero attached hydrogens (tertiary/aromatic N) is 2. The number of imide groups is 1. The van der Waals surface area contributed by atoms with Crippen molar-refractivity contribution in [2.45, 2.75) is 38.4 Å². The largest absolute Gasteiger partial charge is 0.465 e. The number of carbonyl (C=O) groups is 3. The Kier molecular flexibility index (Phi) is 6.84. The number of unbranched alkanes of at least 4 members (excludes halogenated alkanes) is 1. The molecule has 1 saturated heterocycles. The molecular weight excluding hydrogens is 486 g/mol. The van der Waals surface area contributed by atoms with E-state index in [1.165, 1.54) is 7.11 Å². The average molecular weight is 514 g/mol. The van der Waals surface area contributed by atoms with Crippen LogP contribution < -0.4 is 5.32 Å². The van der Waals surface area contributed by atoms with Crippen LogP contribution in [0.3, 0.4) is 0 Å². The first kappa shape index (κ1) is 24.8. The molecule has 0 bridgehead atoms. The van der Waals surface area contributed by atoms with Crippen molar-refractivity contribution >= 4 is 39.9 Å². The van der Waals surface area contributed by atoms with Gasteiger partial charge >= 0.3 is 5.97 Å². The summed E-state index contributed by atoms with van der Waals surface area (Å²) < 4.78 is 7.14. The molecule has 1 aromatic heterocycles. The Morgan fingerprint density at radius 1 is 1.08 bits per heavy atom. The van der Waals surface area contributed by atoms with Crippen LogP contribution in [0.2, 0.25) is 0 Å². The third-order valence-electron chi connectivity index (χ3n) is 6.60. The van der Waals surface area contributed by atoms with E-state index < -0.39 is 11.2 Å². The summed E-state index contributed by atoms with van der Waals surface area (Å²) in [5, 5.41) is 1.47. The van der Waals surface area contributed by atoms with Gasteiger partial charge in [-0.05, 0) is 65.6 Å². The van der Waals surface area contributed by atoms with Crippen LogP contribution >= 0.6 is 11.8 Å². The molecule has 1 unspecified atom stereocenters. The molecule has 1 aliphatic rings.